The van der Waals surface area contributed by atoms with E-state index in [0.717, 1.165) is 10.9 Å². The van der Waals surface area contributed by atoms with Crippen LogP contribution in [0.5, 0.6) is 0 Å². The van der Waals surface area contributed by atoms with Crippen LogP contribution < -0.4 is 0 Å². The molecule has 0 N–H and O–H groups in total. The standard InChI is InChI=1S/C14H8F3/c1-8-7-9-5-6-10(8)13-11(9)3-2-4-12(13)14(15,16)17/h2-3,5-7H,1H3. The third-order valence-corrected chi connectivity index (χ3v) is 3.09. The van der Waals surface area contributed by atoms with E-state index in [-0.39, 0.29) is 5.39 Å². The smallest absolute Gasteiger partial charge is 0.166 e. The van der Waals surface area contributed by atoms with E-state index in [1.807, 2.05) is 19.1 Å². The lowest BCUT2D eigenvalue weighted by atomic mass is 9.92. The molecule has 4 rings (SSSR count). The zero-order valence-electron chi connectivity index (χ0n) is 9.02. The molecular formula is C14H8F3. The van der Waals surface area contributed by atoms with Crippen molar-refractivity contribution in [3.63, 3.8) is 0 Å². The molecule has 4 aromatic rings. The third-order valence-electron chi connectivity index (χ3n) is 3.09. The highest BCUT2D eigenvalue weighted by atomic mass is 19.4. The minimum atomic E-state index is -4.36. The van der Waals surface area contributed by atoms with Gasteiger partial charge in [-0.2, -0.15) is 13.2 Å². The van der Waals surface area contributed by atoms with Crippen LogP contribution in [0.2, 0.25) is 0 Å². The molecule has 0 spiro atoms. The first-order valence-corrected chi connectivity index (χ1v) is 5.22. The van der Waals surface area contributed by atoms with Crippen LogP contribution in [0, 0.1) is 13.0 Å². The van der Waals surface area contributed by atoms with Crippen molar-refractivity contribution in [2.45, 2.75) is 13.1 Å². The van der Waals surface area contributed by atoms with Crippen LogP contribution in [0.25, 0.3) is 21.5 Å². The van der Waals surface area contributed by atoms with Crippen LogP contribution in [-0.2, 0) is 6.18 Å². The van der Waals surface area contributed by atoms with Crippen LogP contribution in [0.3, 0.4) is 0 Å². The molecule has 0 fully saturated rings. The second-order valence-corrected chi connectivity index (χ2v) is 4.17. The van der Waals surface area contributed by atoms with Crippen LogP contribution in [-0.4, -0.2) is 0 Å². The summed E-state index contributed by atoms with van der Waals surface area (Å²) in [5, 5.41) is 2.42. The summed E-state index contributed by atoms with van der Waals surface area (Å²) in [5.74, 6) is 0. The Kier molecular flexibility index (Phi) is 1.91. The first-order valence-electron chi connectivity index (χ1n) is 5.22. The van der Waals surface area contributed by atoms with Gasteiger partial charge in [0.05, 0.1) is 5.56 Å². The molecule has 0 atom stereocenters. The van der Waals surface area contributed by atoms with E-state index in [0.29, 0.717) is 10.8 Å². The lowest BCUT2D eigenvalue weighted by Gasteiger charge is -2.15. The van der Waals surface area contributed by atoms with E-state index < -0.39 is 11.7 Å². The molecule has 3 heteroatoms. The molecular weight excluding hydrogens is 225 g/mol. The maximum atomic E-state index is 12.9. The first kappa shape index (κ1) is 10.4. The van der Waals surface area contributed by atoms with Crippen molar-refractivity contribution >= 4 is 21.5 Å². The first-order chi connectivity index (χ1) is 7.98. The topological polar surface area (TPSA) is 0 Å². The lowest BCUT2D eigenvalue weighted by molar-refractivity contribution is -0.136. The minimum Gasteiger partial charge on any atom is -0.166 e. The van der Waals surface area contributed by atoms with E-state index in [4.69, 9.17) is 0 Å². The molecule has 0 amide bonds. The second kappa shape index (κ2) is 3.13. The highest BCUT2D eigenvalue weighted by molar-refractivity contribution is 6.12. The highest BCUT2D eigenvalue weighted by Gasteiger charge is 2.33. The SMILES string of the molecule is Cc1cc2ccc1c1c(C(F)(F)F)[c]ccc21. The van der Waals surface area contributed by atoms with Gasteiger partial charge in [-0.25, -0.2) is 0 Å². The average molecular weight is 233 g/mol. The maximum Gasteiger partial charge on any atom is 0.417 e. The molecule has 0 aliphatic carbocycles. The number of rotatable bonds is 0. The lowest BCUT2D eigenvalue weighted by Crippen LogP contribution is -2.06. The van der Waals surface area contributed by atoms with Gasteiger partial charge in [0.15, 0.2) is 0 Å². The van der Waals surface area contributed by atoms with E-state index >= 15 is 0 Å². The largest absolute Gasteiger partial charge is 0.417 e. The Morgan fingerprint density at radius 1 is 1.06 bits per heavy atom. The van der Waals surface area contributed by atoms with Crippen molar-refractivity contribution in [2.24, 2.45) is 0 Å². The molecule has 17 heavy (non-hydrogen) atoms. The Morgan fingerprint density at radius 3 is 2.47 bits per heavy atom. The third kappa shape index (κ3) is 1.38. The van der Waals surface area contributed by atoms with Gasteiger partial charge in [-0.05, 0) is 34.7 Å². The summed E-state index contributed by atoms with van der Waals surface area (Å²) < 4.78 is 38.8. The van der Waals surface area contributed by atoms with Gasteiger partial charge in [-0.15, -0.1) is 0 Å². The predicted octanol–water partition coefficient (Wildman–Crippen LogP) is 4.56. The highest BCUT2D eigenvalue weighted by Crippen LogP contribution is 2.40. The van der Waals surface area contributed by atoms with Gasteiger partial charge < -0.3 is 0 Å². The molecule has 2 bridgehead atoms. The molecule has 0 unspecified atom stereocenters. The summed E-state index contributed by atoms with van der Waals surface area (Å²) in [5.41, 5.74) is 0.208. The fraction of sp³-hybridized carbons (Fsp3) is 0.143. The fourth-order valence-electron chi connectivity index (χ4n) is 2.35. The molecule has 0 saturated heterocycles. The average Bonchev–Trinajstić information content (AvgIpc) is 2.28. The molecule has 0 aliphatic heterocycles. The number of aryl methyl sites for hydroxylation is 1. The Morgan fingerprint density at radius 2 is 1.82 bits per heavy atom. The quantitative estimate of drug-likeness (QED) is 0.534. The molecule has 0 saturated carbocycles. The normalized spacial score (nSPS) is 12.7. The molecule has 4 aromatic carbocycles. The van der Waals surface area contributed by atoms with Crippen molar-refractivity contribution < 1.29 is 13.2 Å². The summed E-state index contributed by atoms with van der Waals surface area (Å²) in [6.45, 7) is 1.83. The molecule has 0 nitrogen and oxygen atoms in total. The number of fused-ring (bicyclic) bond motifs is 2. The summed E-state index contributed by atoms with van der Waals surface area (Å²) in [6.07, 6.45) is -4.36. The number of hydrogen-bond donors (Lipinski definition) is 0. The molecule has 85 valence electrons. The number of alkyl halides is 3. The summed E-state index contributed by atoms with van der Waals surface area (Å²) in [4.78, 5) is 0. The Labute approximate surface area is 96.0 Å². The second-order valence-electron chi connectivity index (χ2n) is 4.17. The molecule has 0 heterocycles. The summed E-state index contributed by atoms with van der Waals surface area (Å²) in [7, 11) is 0. The van der Waals surface area contributed by atoms with Gasteiger partial charge in [0, 0.05) is 5.39 Å². The maximum absolute atomic E-state index is 12.9. The molecule has 0 aromatic heterocycles. The van der Waals surface area contributed by atoms with Gasteiger partial charge in [-0.1, -0.05) is 30.3 Å². The predicted molar refractivity (Wildman–Crippen MR) is 61.2 cm³/mol. The van der Waals surface area contributed by atoms with Crippen molar-refractivity contribution in [1.82, 2.24) is 0 Å². The van der Waals surface area contributed by atoms with Crippen LogP contribution in [0.1, 0.15) is 11.1 Å². The van der Waals surface area contributed by atoms with Crippen molar-refractivity contribution in [1.29, 1.82) is 0 Å². The van der Waals surface area contributed by atoms with Gasteiger partial charge in [0.1, 0.15) is 0 Å². The number of halogens is 3. The Bertz CT molecular complexity index is 695. The molecule has 1 radical (unpaired) electrons. The van der Waals surface area contributed by atoms with E-state index in [9.17, 15) is 13.2 Å². The zero-order chi connectivity index (χ0) is 12.2. The monoisotopic (exact) mass is 233 g/mol. The zero-order valence-corrected chi connectivity index (χ0v) is 9.02. The van der Waals surface area contributed by atoms with Crippen LogP contribution in [0.15, 0.2) is 30.3 Å². The fourth-order valence-corrected chi connectivity index (χ4v) is 2.35. The summed E-state index contributed by atoms with van der Waals surface area (Å²) >= 11 is 0. The van der Waals surface area contributed by atoms with Gasteiger partial charge in [0.25, 0.3) is 0 Å². The Hall–Kier alpha value is -1.77. The number of benzene rings is 4. The van der Waals surface area contributed by atoms with Gasteiger partial charge in [-0.3, -0.25) is 0 Å². The Balaban J connectivity index is 2.57. The van der Waals surface area contributed by atoms with Crippen molar-refractivity contribution in [3.8, 4) is 0 Å². The van der Waals surface area contributed by atoms with Crippen LogP contribution in [0.4, 0.5) is 13.2 Å². The van der Waals surface area contributed by atoms with E-state index in [1.165, 1.54) is 6.07 Å². The van der Waals surface area contributed by atoms with Gasteiger partial charge in [0.2, 0.25) is 0 Å². The number of hydrogen-bond acceptors (Lipinski definition) is 0. The van der Waals surface area contributed by atoms with E-state index in [1.54, 1.807) is 12.1 Å². The van der Waals surface area contributed by atoms with Crippen molar-refractivity contribution in [2.75, 3.05) is 0 Å². The minimum absolute atomic E-state index is 0.275. The van der Waals surface area contributed by atoms with Crippen molar-refractivity contribution in [3.05, 3.63) is 47.5 Å². The van der Waals surface area contributed by atoms with E-state index in [2.05, 4.69) is 6.07 Å². The van der Waals surface area contributed by atoms with Gasteiger partial charge >= 0.3 is 6.18 Å². The van der Waals surface area contributed by atoms with Crippen LogP contribution >= 0.6 is 0 Å². The molecule has 0 aliphatic rings. The summed E-state index contributed by atoms with van der Waals surface area (Å²) in [6, 6.07) is 10.9.